The SMILES string of the molecule is CCCCSc1ncc(-c2c(C#N)c(N)nc3c2CNCC3)cn1. The summed E-state index contributed by atoms with van der Waals surface area (Å²) < 4.78 is 0. The van der Waals surface area contributed by atoms with Crippen LogP contribution in [0.2, 0.25) is 0 Å². The van der Waals surface area contributed by atoms with Crippen molar-refractivity contribution < 1.29 is 0 Å². The Morgan fingerprint density at radius 3 is 2.88 bits per heavy atom. The average Bonchev–Trinajstić information content (AvgIpc) is 2.61. The molecule has 0 atom stereocenters. The Kier molecular flexibility index (Phi) is 5.28. The molecule has 3 heterocycles. The molecule has 1 aliphatic rings. The first kappa shape index (κ1) is 16.7. The fourth-order valence-electron chi connectivity index (χ4n) is 2.77. The van der Waals surface area contributed by atoms with Crippen LogP contribution in [-0.2, 0) is 13.0 Å². The number of hydrogen-bond donors (Lipinski definition) is 2. The van der Waals surface area contributed by atoms with Crippen LogP contribution in [0.3, 0.4) is 0 Å². The molecule has 6 nitrogen and oxygen atoms in total. The highest BCUT2D eigenvalue weighted by atomic mass is 32.2. The highest BCUT2D eigenvalue weighted by molar-refractivity contribution is 7.99. The van der Waals surface area contributed by atoms with E-state index < -0.39 is 0 Å². The number of rotatable bonds is 5. The summed E-state index contributed by atoms with van der Waals surface area (Å²) in [6.07, 6.45) is 6.68. The standard InChI is InChI=1S/C17H20N6S/c1-2-3-6-24-17-21-8-11(9-22-17)15-12(7-18)16(19)23-14-4-5-20-10-13(14)15/h8-9,20H,2-6,10H2,1H3,(H2,19,23). The first-order valence-electron chi connectivity index (χ1n) is 8.11. The zero-order valence-corrected chi connectivity index (χ0v) is 14.5. The number of pyridine rings is 1. The lowest BCUT2D eigenvalue weighted by molar-refractivity contribution is 0.632. The zero-order chi connectivity index (χ0) is 16.9. The van der Waals surface area contributed by atoms with E-state index in [1.54, 1.807) is 24.2 Å². The third-order valence-electron chi connectivity index (χ3n) is 4.01. The molecule has 0 fully saturated rings. The molecule has 0 aliphatic carbocycles. The van der Waals surface area contributed by atoms with Crippen molar-refractivity contribution in [1.82, 2.24) is 20.3 Å². The molecule has 2 aromatic heterocycles. The maximum Gasteiger partial charge on any atom is 0.187 e. The highest BCUT2D eigenvalue weighted by Crippen LogP contribution is 2.33. The predicted octanol–water partition coefficient (Wildman–Crippen LogP) is 2.53. The monoisotopic (exact) mass is 340 g/mol. The second-order valence-corrected chi connectivity index (χ2v) is 6.73. The van der Waals surface area contributed by atoms with E-state index in [0.29, 0.717) is 12.1 Å². The Morgan fingerprint density at radius 2 is 2.17 bits per heavy atom. The van der Waals surface area contributed by atoms with Crippen LogP contribution in [-0.4, -0.2) is 27.2 Å². The van der Waals surface area contributed by atoms with Gasteiger partial charge in [-0.1, -0.05) is 25.1 Å². The molecule has 0 bridgehead atoms. The van der Waals surface area contributed by atoms with Crippen molar-refractivity contribution in [3.63, 3.8) is 0 Å². The van der Waals surface area contributed by atoms with Crippen LogP contribution < -0.4 is 11.1 Å². The van der Waals surface area contributed by atoms with E-state index in [1.165, 1.54) is 0 Å². The summed E-state index contributed by atoms with van der Waals surface area (Å²) in [4.78, 5) is 13.3. The number of nitriles is 1. The normalized spacial score (nSPS) is 13.3. The minimum absolute atomic E-state index is 0.287. The summed E-state index contributed by atoms with van der Waals surface area (Å²) in [6, 6.07) is 2.19. The number of unbranched alkanes of at least 4 members (excludes halogenated alkanes) is 1. The maximum atomic E-state index is 9.52. The highest BCUT2D eigenvalue weighted by Gasteiger charge is 2.22. The molecule has 0 aromatic carbocycles. The number of thioether (sulfide) groups is 1. The lowest BCUT2D eigenvalue weighted by atomic mass is 9.93. The fourth-order valence-corrected chi connectivity index (χ4v) is 3.64. The molecule has 0 saturated heterocycles. The molecular weight excluding hydrogens is 320 g/mol. The summed E-state index contributed by atoms with van der Waals surface area (Å²) in [6.45, 7) is 3.72. The largest absolute Gasteiger partial charge is 0.383 e. The molecule has 0 spiro atoms. The van der Waals surface area contributed by atoms with Gasteiger partial charge in [0, 0.05) is 54.5 Å². The Bertz CT molecular complexity index is 766. The number of aromatic nitrogens is 3. The number of hydrogen-bond acceptors (Lipinski definition) is 7. The summed E-state index contributed by atoms with van der Waals surface area (Å²) >= 11 is 1.65. The zero-order valence-electron chi connectivity index (χ0n) is 13.7. The van der Waals surface area contributed by atoms with Gasteiger partial charge in [-0.15, -0.1) is 0 Å². The number of nitrogens with one attached hydrogen (secondary N) is 1. The Labute approximate surface area is 145 Å². The van der Waals surface area contributed by atoms with Crippen LogP contribution in [0, 0.1) is 11.3 Å². The van der Waals surface area contributed by atoms with E-state index in [4.69, 9.17) is 5.73 Å². The number of fused-ring (bicyclic) bond motifs is 1. The molecule has 0 unspecified atom stereocenters. The molecule has 0 saturated carbocycles. The maximum absolute atomic E-state index is 9.52. The number of nitrogen functional groups attached to an aromatic ring is 1. The van der Waals surface area contributed by atoms with Crippen LogP contribution in [0.4, 0.5) is 5.82 Å². The van der Waals surface area contributed by atoms with Crippen LogP contribution in [0.5, 0.6) is 0 Å². The van der Waals surface area contributed by atoms with E-state index in [2.05, 4.69) is 33.3 Å². The molecule has 2 aromatic rings. The lowest BCUT2D eigenvalue weighted by Crippen LogP contribution is -2.26. The molecule has 7 heteroatoms. The molecule has 0 radical (unpaired) electrons. The van der Waals surface area contributed by atoms with Crippen molar-refractivity contribution in [2.75, 3.05) is 18.0 Å². The van der Waals surface area contributed by atoms with Crippen LogP contribution in [0.25, 0.3) is 11.1 Å². The van der Waals surface area contributed by atoms with Gasteiger partial charge in [0.05, 0.1) is 0 Å². The van der Waals surface area contributed by atoms with Crippen molar-refractivity contribution in [1.29, 1.82) is 5.26 Å². The van der Waals surface area contributed by atoms with Crippen molar-refractivity contribution in [3.05, 3.63) is 29.2 Å². The van der Waals surface area contributed by atoms with Gasteiger partial charge >= 0.3 is 0 Å². The minimum Gasteiger partial charge on any atom is -0.383 e. The van der Waals surface area contributed by atoms with E-state index >= 15 is 0 Å². The Balaban J connectivity index is 1.99. The van der Waals surface area contributed by atoms with Gasteiger partial charge in [0.15, 0.2) is 5.16 Å². The van der Waals surface area contributed by atoms with E-state index in [9.17, 15) is 5.26 Å². The van der Waals surface area contributed by atoms with Crippen LogP contribution in [0.15, 0.2) is 17.6 Å². The second kappa shape index (κ2) is 7.60. The minimum atomic E-state index is 0.287. The molecule has 1 aliphatic heterocycles. The Morgan fingerprint density at radius 1 is 1.38 bits per heavy atom. The quantitative estimate of drug-likeness (QED) is 0.490. The van der Waals surface area contributed by atoms with Crippen molar-refractivity contribution >= 4 is 17.6 Å². The molecular formula is C17H20N6S. The topological polar surface area (TPSA) is 101 Å². The van der Waals surface area contributed by atoms with Crippen molar-refractivity contribution in [2.45, 2.75) is 37.9 Å². The van der Waals surface area contributed by atoms with Gasteiger partial charge in [-0.25, -0.2) is 15.0 Å². The van der Waals surface area contributed by atoms with E-state index in [1.807, 2.05) is 0 Å². The number of nitrogens with two attached hydrogens (primary N) is 1. The van der Waals surface area contributed by atoms with Gasteiger partial charge in [-0.3, -0.25) is 0 Å². The van der Waals surface area contributed by atoms with Gasteiger partial charge in [-0.2, -0.15) is 5.26 Å². The third-order valence-corrected chi connectivity index (χ3v) is 4.97. The molecule has 0 amide bonds. The number of anilines is 1. The third kappa shape index (κ3) is 3.35. The molecule has 24 heavy (non-hydrogen) atoms. The summed E-state index contributed by atoms with van der Waals surface area (Å²) in [5.41, 5.74) is 10.0. The second-order valence-electron chi connectivity index (χ2n) is 5.67. The van der Waals surface area contributed by atoms with Crippen molar-refractivity contribution in [2.24, 2.45) is 0 Å². The van der Waals surface area contributed by atoms with E-state index in [0.717, 1.165) is 59.1 Å². The van der Waals surface area contributed by atoms with Gasteiger partial charge in [0.1, 0.15) is 17.5 Å². The van der Waals surface area contributed by atoms with Crippen LogP contribution >= 0.6 is 11.8 Å². The number of nitrogens with zero attached hydrogens (tertiary/aromatic N) is 4. The summed E-state index contributed by atoms with van der Waals surface area (Å²) in [7, 11) is 0. The fraction of sp³-hybridized carbons (Fsp3) is 0.412. The first-order chi connectivity index (χ1) is 11.7. The predicted molar refractivity (Wildman–Crippen MR) is 95.4 cm³/mol. The van der Waals surface area contributed by atoms with E-state index in [-0.39, 0.29) is 5.82 Å². The van der Waals surface area contributed by atoms with Crippen LogP contribution in [0.1, 0.15) is 36.6 Å². The Hall–Kier alpha value is -2.17. The molecule has 3 rings (SSSR count). The van der Waals surface area contributed by atoms with Gasteiger partial charge in [0.25, 0.3) is 0 Å². The molecule has 124 valence electrons. The summed E-state index contributed by atoms with van der Waals surface area (Å²) in [5, 5.41) is 13.6. The molecule has 3 N–H and O–H groups in total. The van der Waals surface area contributed by atoms with Crippen molar-refractivity contribution in [3.8, 4) is 17.2 Å². The van der Waals surface area contributed by atoms with Gasteiger partial charge in [0.2, 0.25) is 0 Å². The van der Waals surface area contributed by atoms with Gasteiger partial charge in [-0.05, 0) is 12.0 Å². The smallest absolute Gasteiger partial charge is 0.187 e. The lowest BCUT2D eigenvalue weighted by Gasteiger charge is -2.21. The van der Waals surface area contributed by atoms with Gasteiger partial charge < -0.3 is 11.1 Å². The summed E-state index contributed by atoms with van der Waals surface area (Å²) in [5.74, 6) is 1.30. The average molecular weight is 340 g/mol. The first-order valence-corrected chi connectivity index (χ1v) is 9.10.